The van der Waals surface area contributed by atoms with Crippen molar-refractivity contribution in [1.29, 1.82) is 0 Å². The predicted molar refractivity (Wildman–Crippen MR) is 140 cm³/mol. The molecule has 0 aliphatic heterocycles. The Labute approximate surface area is 226 Å². The van der Waals surface area contributed by atoms with Crippen molar-refractivity contribution in [2.75, 3.05) is 13.7 Å². The Morgan fingerprint density at radius 1 is 1.08 bits per heavy atom. The van der Waals surface area contributed by atoms with Gasteiger partial charge in [-0.05, 0) is 61.0 Å². The van der Waals surface area contributed by atoms with E-state index in [1.54, 1.807) is 60.0 Å². The van der Waals surface area contributed by atoms with Crippen molar-refractivity contribution in [3.63, 3.8) is 0 Å². The molecule has 0 aliphatic rings. The van der Waals surface area contributed by atoms with E-state index >= 15 is 0 Å². The lowest BCUT2D eigenvalue weighted by Crippen LogP contribution is -2.11. The number of thioether (sulfide) groups is 1. The van der Waals surface area contributed by atoms with E-state index in [4.69, 9.17) is 32.7 Å². The second-order valence-corrected chi connectivity index (χ2v) is 9.91. The summed E-state index contributed by atoms with van der Waals surface area (Å²) in [5.74, 6) is 1.05. The highest BCUT2D eigenvalue weighted by molar-refractivity contribution is 7.99. The zero-order chi connectivity index (χ0) is 26.5. The lowest BCUT2D eigenvalue weighted by molar-refractivity contribution is -0.479. The van der Waals surface area contributed by atoms with Gasteiger partial charge < -0.3 is 9.47 Å². The second-order valence-electron chi connectivity index (χ2n) is 7.90. The van der Waals surface area contributed by atoms with Crippen LogP contribution < -0.4 is 9.47 Å². The molecule has 192 valence electrons. The summed E-state index contributed by atoms with van der Waals surface area (Å²) in [6, 6.07) is 16.1. The number of aryl methyl sites for hydroxylation is 1. The molecule has 0 fully saturated rings. The van der Waals surface area contributed by atoms with Crippen LogP contribution in [0.3, 0.4) is 0 Å². The second kappa shape index (κ2) is 11.8. The summed E-state index contributed by atoms with van der Waals surface area (Å²) < 4.78 is 26.6. The third-order valence-corrected chi connectivity index (χ3v) is 7.17. The van der Waals surface area contributed by atoms with Crippen LogP contribution in [0.4, 0.5) is 4.39 Å². The van der Waals surface area contributed by atoms with E-state index in [-0.39, 0.29) is 23.9 Å². The topological polar surface area (TPSA) is 92.3 Å². The molecular formula is C25H21Cl2FN4O4S. The van der Waals surface area contributed by atoms with Crippen molar-refractivity contribution in [3.05, 3.63) is 104 Å². The molecule has 37 heavy (non-hydrogen) atoms. The molecule has 0 saturated carbocycles. The van der Waals surface area contributed by atoms with Crippen molar-refractivity contribution in [2.45, 2.75) is 23.9 Å². The fourth-order valence-corrected chi connectivity index (χ4v) is 5.21. The summed E-state index contributed by atoms with van der Waals surface area (Å²) in [7, 11) is 1.49. The number of halogens is 3. The summed E-state index contributed by atoms with van der Waals surface area (Å²) in [6.07, 6.45) is 0. The molecule has 12 heteroatoms. The Morgan fingerprint density at radius 3 is 2.51 bits per heavy atom. The van der Waals surface area contributed by atoms with Gasteiger partial charge >= 0.3 is 0 Å². The molecule has 3 aromatic carbocycles. The van der Waals surface area contributed by atoms with Gasteiger partial charge in [0.05, 0.1) is 7.11 Å². The average Bonchev–Trinajstić information content (AvgIpc) is 3.23. The molecule has 0 saturated heterocycles. The minimum atomic E-state index is -0.619. The van der Waals surface area contributed by atoms with Gasteiger partial charge in [-0.25, -0.2) is 4.39 Å². The van der Waals surface area contributed by atoms with Crippen LogP contribution >= 0.6 is 35.0 Å². The number of benzene rings is 3. The maximum Gasteiger partial charge on any atom is 0.220 e. The first kappa shape index (κ1) is 26.7. The first-order chi connectivity index (χ1) is 17.7. The van der Waals surface area contributed by atoms with Crippen LogP contribution in [0.2, 0.25) is 10.0 Å². The van der Waals surface area contributed by atoms with Crippen LogP contribution in [0, 0.1) is 22.9 Å². The number of nitro groups is 1. The molecule has 0 amide bonds. The molecule has 0 spiro atoms. The summed E-state index contributed by atoms with van der Waals surface area (Å²) in [5.41, 5.74) is 2.03. The fourth-order valence-electron chi connectivity index (χ4n) is 3.58. The summed E-state index contributed by atoms with van der Waals surface area (Å²) >= 11 is 13.4. The molecule has 0 aliphatic carbocycles. The Kier molecular flexibility index (Phi) is 8.52. The van der Waals surface area contributed by atoms with Crippen LogP contribution in [-0.4, -0.2) is 33.3 Å². The largest absolute Gasteiger partial charge is 0.493 e. The molecule has 8 nitrogen and oxygen atoms in total. The summed E-state index contributed by atoms with van der Waals surface area (Å²) in [6.45, 7) is 1.56. The van der Waals surface area contributed by atoms with Gasteiger partial charge in [0.15, 0.2) is 16.7 Å². The van der Waals surface area contributed by atoms with Crippen molar-refractivity contribution in [2.24, 2.45) is 0 Å². The van der Waals surface area contributed by atoms with E-state index in [1.807, 2.05) is 0 Å². The lowest BCUT2D eigenvalue weighted by Gasteiger charge is -2.17. The number of nitrogens with zero attached hydrogens (tertiary/aromatic N) is 4. The third-order valence-electron chi connectivity index (χ3n) is 5.40. The van der Waals surface area contributed by atoms with Crippen LogP contribution in [0.25, 0.3) is 5.69 Å². The molecule has 0 unspecified atom stereocenters. The van der Waals surface area contributed by atoms with Crippen LogP contribution in [-0.2, 0) is 6.61 Å². The normalized spacial score (nSPS) is 11.8. The Morgan fingerprint density at radius 2 is 1.84 bits per heavy atom. The zero-order valence-corrected chi connectivity index (χ0v) is 22.1. The van der Waals surface area contributed by atoms with Gasteiger partial charge in [-0.3, -0.25) is 14.7 Å². The summed E-state index contributed by atoms with van der Waals surface area (Å²) in [4.78, 5) is 11.2. The van der Waals surface area contributed by atoms with Crippen molar-refractivity contribution in [3.8, 4) is 17.2 Å². The number of rotatable bonds is 10. The zero-order valence-electron chi connectivity index (χ0n) is 19.7. The number of ether oxygens (including phenoxy) is 2. The van der Waals surface area contributed by atoms with E-state index in [0.717, 1.165) is 5.56 Å². The Bertz CT molecular complexity index is 1420. The predicted octanol–water partition coefficient (Wildman–Crippen LogP) is 6.72. The van der Waals surface area contributed by atoms with Crippen LogP contribution in [0.1, 0.15) is 22.2 Å². The highest BCUT2D eigenvalue weighted by atomic mass is 35.5. The fraction of sp³-hybridized carbons (Fsp3) is 0.200. The van der Waals surface area contributed by atoms with Crippen molar-refractivity contribution >= 4 is 35.0 Å². The highest BCUT2D eigenvalue weighted by Crippen LogP contribution is 2.39. The van der Waals surface area contributed by atoms with Gasteiger partial charge in [0.2, 0.25) is 6.54 Å². The van der Waals surface area contributed by atoms with Crippen LogP contribution in [0.15, 0.2) is 65.8 Å². The number of aromatic nitrogens is 3. The van der Waals surface area contributed by atoms with Gasteiger partial charge in [0.25, 0.3) is 0 Å². The highest BCUT2D eigenvalue weighted by Gasteiger charge is 2.25. The summed E-state index contributed by atoms with van der Waals surface area (Å²) in [5, 5.41) is 20.7. The van der Waals surface area contributed by atoms with E-state index in [0.29, 0.717) is 43.8 Å². The molecule has 1 atom stereocenters. The molecule has 1 aromatic heterocycles. The maximum atomic E-state index is 13.4. The van der Waals surface area contributed by atoms with Gasteiger partial charge in [0.1, 0.15) is 23.5 Å². The quantitative estimate of drug-likeness (QED) is 0.120. The number of methoxy groups -OCH3 is 1. The molecule has 0 radical (unpaired) electrons. The monoisotopic (exact) mass is 562 g/mol. The number of hydrogen-bond acceptors (Lipinski definition) is 7. The van der Waals surface area contributed by atoms with Crippen LogP contribution in [0.5, 0.6) is 11.5 Å². The molecule has 0 N–H and O–H groups in total. The molecule has 0 bridgehead atoms. The van der Waals surface area contributed by atoms with Crippen molar-refractivity contribution < 1.29 is 18.8 Å². The molecular weight excluding hydrogens is 542 g/mol. The molecule has 4 rings (SSSR count). The SMILES string of the molecule is COc1cc([C@H](C[N+](=O)[O-])Sc2nnc(C)n2-c2ccc(F)cc2)ccc1OCc1ccc(Cl)cc1Cl. The van der Waals surface area contributed by atoms with Crippen molar-refractivity contribution in [1.82, 2.24) is 14.8 Å². The minimum absolute atomic E-state index is 0.179. The first-order valence-electron chi connectivity index (χ1n) is 11.0. The molecule has 4 aromatic rings. The minimum Gasteiger partial charge on any atom is -0.493 e. The smallest absolute Gasteiger partial charge is 0.220 e. The van der Waals surface area contributed by atoms with Gasteiger partial charge in [-0.2, -0.15) is 0 Å². The first-order valence-corrected chi connectivity index (χ1v) is 12.6. The van der Waals surface area contributed by atoms with Gasteiger partial charge in [-0.15, -0.1) is 10.2 Å². The average molecular weight is 563 g/mol. The third kappa shape index (κ3) is 6.51. The lowest BCUT2D eigenvalue weighted by atomic mass is 10.1. The van der Waals surface area contributed by atoms with E-state index in [9.17, 15) is 14.5 Å². The van der Waals surface area contributed by atoms with Gasteiger partial charge in [0, 0.05) is 26.2 Å². The van der Waals surface area contributed by atoms with E-state index < -0.39 is 5.25 Å². The number of hydrogen-bond donors (Lipinski definition) is 0. The Hall–Kier alpha value is -3.34. The Balaban J connectivity index is 1.60. The maximum absolute atomic E-state index is 13.4. The van der Waals surface area contributed by atoms with E-state index in [2.05, 4.69) is 10.2 Å². The van der Waals surface area contributed by atoms with E-state index in [1.165, 1.54) is 31.0 Å². The molecule has 1 heterocycles. The van der Waals surface area contributed by atoms with Gasteiger partial charge in [-0.1, -0.05) is 47.1 Å². The standard InChI is InChI=1S/C25H21Cl2FN4O4S/c1-15-29-30-25(32(15)20-8-6-19(28)7-9-20)37-24(13-31(33)34)16-4-10-22(23(11-16)35-2)36-14-17-3-5-18(26)12-21(17)27/h3-12,24H,13-14H2,1-2H3/t24-/m0/s1.